The second-order valence-corrected chi connectivity index (χ2v) is 9.79. The fourth-order valence-corrected chi connectivity index (χ4v) is 4.37. The number of benzene rings is 1. The molecule has 0 spiro atoms. The van der Waals surface area contributed by atoms with E-state index < -0.39 is 6.16 Å². The van der Waals surface area contributed by atoms with Crippen molar-refractivity contribution in [3.8, 4) is 23.0 Å². The Kier molecular flexibility index (Phi) is 12.8. The Morgan fingerprint density at radius 3 is 2.03 bits per heavy atom. The van der Waals surface area contributed by atoms with E-state index in [9.17, 15) is 4.79 Å². The lowest BCUT2D eigenvalue weighted by Crippen LogP contribution is -2.13. The second-order valence-electron chi connectivity index (χ2n) is 9.79. The van der Waals surface area contributed by atoms with Crippen LogP contribution in [-0.4, -0.2) is 11.1 Å². The van der Waals surface area contributed by atoms with E-state index in [1.54, 1.807) is 18.2 Å². The average molecular weight is 506 g/mol. The molecule has 0 N–H and O–H groups in total. The predicted molar refractivity (Wildman–Crippen MR) is 149 cm³/mol. The molecule has 3 aromatic rings. The number of hydrogen-bond acceptors (Lipinski definition) is 5. The highest BCUT2D eigenvalue weighted by molar-refractivity contribution is 5.67. The van der Waals surface area contributed by atoms with Crippen LogP contribution in [0.3, 0.4) is 0 Å². The number of aryl methyl sites for hydroxylation is 2. The van der Waals surface area contributed by atoms with Gasteiger partial charge in [-0.05, 0) is 61.2 Å². The maximum Gasteiger partial charge on any atom is 0.521 e. The number of ether oxygens (including phenoxy) is 2. The summed E-state index contributed by atoms with van der Waals surface area (Å²) >= 11 is 0. The zero-order valence-electron chi connectivity index (χ0n) is 22.7. The Morgan fingerprint density at radius 1 is 0.703 bits per heavy atom. The van der Waals surface area contributed by atoms with Crippen molar-refractivity contribution in [2.24, 2.45) is 0 Å². The number of carbonyl (C=O) groups excluding carboxylic acids is 1. The van der Waals surface area contributed by atoms with Crippen LogP contribution in [0.5, 0.6) is 11.7 Å². The van der Waals surface area contributed by atoms with Gasteiger partial charge in [0.25, 0.3) is 5.95 Å². The summed E-state index contributed by atoms with van der Waals surface area (Å²) in [4.78, 5) is 16.8. The molecule has 0 fully saturated rings. The molecule has 0 saturated heterocycles. The van der Waals surface area contributed by atoms with E-state index in [2.05, 4.69) is 31.0 Å². The highest BCUT2D eigenvalue weighted by atomic mass is 16.8. The molecule has 0 atom stereocenters. The third kappa shape index (κ3) is 10.8. The largest absolute Gasteiger partial charge is 0.521 e. The van der Waals surface area contributed by atoms with Crippen molar-refractivity contribution in [3.05, 3.63) is 66.1 Å². The standard InChI is InChI=1S/C32H43NO4/c1-3-5-7-8-9-10-11-12-14-15-26-17-23-30(33-25-26)27-18-20-29(21-19-27)36-32(34)37-31-24-22-28(35-31)16-13-6-4-2/h17-25H,3-16H2,1-2H3. The minimum absolute atomic E-state index is 0.153. The van der Waals surface area contributed by atoms with Gasteiger partial charge in [0.1, 0.15) is 11.5 Å². The fourth-order valence-electron chi connectivity index (χ4n) is 4.37. The van der Waals surface area contributed by atoms with Crippen LogP contribution < -0.4 is 9.47 Å². The molecule has 0 aliphatic heterocycles. The molecule has 0 saturated carbocycles. The van der Waals surface area contributed by atoms with Crippen molar-refractivity contribution in [1.29, 1.82) is 0 Å². The molecule has 37 heavy (non-hydrogen) atoms. The first-order valence-corrected chi connectivity index (χ1v) is 14.2. The van der Waals surface area contributed by atoms with E-state index in [-0.39, 0.29) is 5.95 Å². The van der Waals surface area contributed by atoms with Gasteiger partial charge in [0.05, 0.1) is 5.69 Å². The van der Waals surface area contributed by atoms with Gasteiger partial charge in [0.2, 0.25) is 0 Å². The maximum atomic E-state index is 12.1. The second kappa shape index (κ2) is 16.6. The van der Waals surface area contributed by atoms with Crippen LogP contribution in [0.4, 0.5) is 4.79 Å². The Morgan fingerprint density at radius 2 is 1.35 bits per heavy atom. The van der Waals surface area contributed by atoms with Gasteiger partial charge in [-0.1, -0.05) is 84.1 Å². The highest BCUT2D eigenvalue weighted by Crippen LogP contribution is 2.23. The van der Waals surface area contributed by atoms with Crippen molar-refractivity contribution in [3.63, 3.8) is 0 Å². The lowest BCUT2D eigenvalue weighted by atomic mass is 10.0. The first-order chi connectivity index (χ1) is 18.2. The van der Waals surface area contributed by atoms with Crippen LogP contribution in [0.25, 0.3) is 11.3 Å². The van der Waals surface area contributed by atoms with Gasteiger partial charge in [0, 0.05) is 24.2 Å². The molecule has 5 heteroatoms. The zero-order chi connectivity index (χ0) is 26.1. The Hall–Kier alpha value is -3.08. The SMILES string of the molecule is CCCCCCCCCCCc1ccc(-c2ccc(OC(=O)Oc3ccc(CCCCC)o3)cc2)nc1. The number of carbonyl (C=O) groups is 1. The third-order valence-electron chi connectivity index (χ3n) is 6.59. The summed E-state index contributed by atoms with van der Waals surface area (Å²) in [6.45, 7) is 4.42. The molecular formula is C32H43NO4. The van der Waals surface area contributed by atoms with Crippen LogP contribution in [-0.2, 0) is 12.8 Å². The molecule has 2 heterocycles. The van der Waals surface area contributed by atoms with Gasteiger partial charge in [-0.2, -0.15) is 0 Å². The highest BCUT2D eigenvalue weighted by Gasteiger charge is 2.12. The number of furan rings is 1. The summed E-state index contributed by atoms with van der Waals surface area (Å²) < 4.78 is 16.0. The number of hydrogen-bond donors (Lipinski definition) is 0. The molecule has 0 bridgehead atoms. The summed E-state index contributed by atoms with van der Waals surface area (Å²) in [5.41, 5.74) is 3.15. The molecule has 5 nitrogen and oxygen atoms in total. The van der Waals surface area contributed by atoms with Crippen molar-refractivity contribution < 1.29 is 18.7 Å². The van der Waals surface area contributed by atoms with Crippen molar-refractivity contribution >= 4 is 6.16 Å². The van der Waals surface area contributed by atoms with E-state index in [0.29, 0.717) is 5.75 Å². The summed E-state index contributed by atoms with van der Waals surface area (Å²) in [6, 6.07) is 15.0. The average Bonchev–Trinajstić information content (AvgIpc) is 3.35. The van der Waals surface area contributed by atoms with Crippen molar-refractivity contribution in [2.75, 3.05) is 0 Å². The monoisotopic (exact) mass is 505 g/mol. The summed E-state index contributed by atoms with van der Waals surface area (Å²) in [6.07, 6.45) is 18.5. The number of aromatic nitrogens is 1. The normalized spacial score (nSPS) is 11.0. The van der Waals surface area contributed by atoms with Crippen molar-refractivity contribution in [2.45, 2.75) is 104 Å². The lowest BCUT2D eigenvalue weighted by molar-refractivity contribution is 0.139. The molecule has 0 amide bonds. The van der Waals surface area contributed by atoms with Crippen molar-refractivity contribution in [1.82, 2.24) is 4.98 Å². The fraction of sp³-hybridized carbons (Fsp3) is 0.500. The van der Waals surface area contributed by atoms with E-state index in [4.69, 9.17) is 13.9 Å². The van der Waals surface area contributed by atoms with E-state index in [1.807, 2.05) is 24.4 Å². The number of unbranched alkanes of at least 4 members (excludes halogenated alkanes) is 10. The van der Waals surface area contributed by atoms with Crippen LogP contribution in [0.1, 0.15) is 102 Å². The molecule has 3 rings (SSSR count). The smallest absolute Gasteiger partial charge is 0.430 e. The summed E-state index contributed by atoms with van der Waals surface area (Å²) in [5.74, 6) is 1.37. The molecule has 2 aromatic heterocycles. The van der Waals surface area contributed by atoms with Gasteiger partial charge < -0.3 is 13.9 Å². The van der Waals surface area contributed by atoms with Gasteiger partial charge in [-0.15, -0.1) is 0 Å². The van der Waals surface area contributed by atoms with Crippen LogP contribution in [0, 0.1) is 0 Å². The number of nitrogens with zero attached hydrogens (tertiary/aromatic N) is 1. The van der Waals surface area contributed by atoms with E-state index >= 15 is 0 Å². The van der Waals surface area contributed by atoms with Gasteiger partial charge in [-0.25, -0.2) is 4.79 Å². The van der Waals surface area contributed by atoms with Gasteiger partial charge >= 0.3 is 6.16 Å². The lowest BCUT2D eigenvalue weighted by Gasteiger charge is -2.06. The Labute approximate surface area is 222 Å². The molecule has 200 valence electrons. The van der Waals surface area contributed by atoms with E-state index in [0.717, 1.165) is 49.1 Å². The van der Waals surface area contributed by atoms with Crippen LogP contribution in [0.2, 0.25) is 0 Å². The van der Waals surface area contributed by atoms with Crippen LogP contribution >= 0.6 is 0 Å². The first-order valence-electron chi connectivity index (χ1n) is 14.2. The Bertz CT molecular complexity index is 1020. The summed E-state index contributed by atoms with van der Waals surface area (Å²) in [5, 5.41) is 0. The predicted octanol–water partition coefficient (Wildman–Crippen LogP) is 9.73. The Balaban J connectivity index is 1.37. The molecule has 0 aliphatic rings. The molecule has 0 aliphatic carbocycles. The minimum atomic E-state index is -0.818. The molecule has 1 aromatic carbocycles. The maximum absolute atomic E-state index is 12.1. The minimum Gasteiger partial charge on any atom is -0.430 e. The third-order valence-corrected chi connectivity index (χ3v) is 6.59. The first kappa shape index (κ1) is 28.5. The molecule has 0 unspecified atom stereocenters. The molecule has 0 radical (unpaired) electrons. The quantitative estimate of drug-likeness (QED) is 0.104. The number of pyridine rings is 1. The van der Waals surface area contributed by atoms with E-state index in [1.165, 1.54) is 63.4 Å². The summed E-state index contributed by atoms with van der Waals surface area (Å²) in [7, 11) is 0. The molecular weight excluding hydrogens is 462 g/mol. The zero-order valence-corrected chi connectivity index (χ0v) is 22.7. The topological polar surface area (TPSA) is 61.6 Å². The van der Waals surface area contributed by atoms with Crippen LogP contribution in [0.15, 0.2) is 59.1 Å². The van der Waals surface area contributed by atoms with Gasteiger partial charge in [0.15, 0.2) is 0 Å². The van der Waals surface area contributed by atoms with Gasteiger partial charge in [-0.3, -0.25) is 4.98 Å². The number of rotatable bonds is 17.